The van der Waals surface area contributed by atoms with Gasteiger partial charge in [0.1, 0.15) is 0 Å². The maximum absolute atomic E-state index is 12.7. The molecule has 0 saturated heterocycles. The molecule has 1 aliphatic carbocycles. The second-order valence-electron chi connectivity index (χ2n) is 7.62. The third-order valence-corrected chi connectivity index (χ3v) is 5.18. The minimum atomic E-state index is -0.687. The molecule has 0 heterocycles. The molecule has 7 nitrogen and oxygen atoms in total. The maximum atomic E-state index is 12.7. The van der Waals surface area contributed by atoms with Crippen molar-refractivity contribution in [2.24, 2.45) is 0 Å². The van der Waals surface area contributed by atoms with Gasteiger partial charge < -0.3 is 15.4 Å². The second-order valence-corrected chi connectivity index (χ2v) is 7.62. The molecule has 2 amide bonds. The summed E-state index contributed by atoms with van der Waals surface area (Å²) in [6, 6.07) is 22.7. The van der Waals surface area contributed by atoms with Crippen molar-refractivity contribution in [2.75, 3.05) is 11.9 Å². The van der Waals surface area contributed by atoms with Crippen molar-refractivity contribution in [2.45, 2.75) is 18.9 Å². The molecule has 0 bridgehead atoms. The lowest BCUT2D eigenvalue weighted by atomic mass is 9.96. The SMILES string of the molecule is N#Cc1ccccc1-c1ccccc1C(=O)OCC(=O)Nc1ccccc1C(=O)NC1CC1. The molecule has 1 aliphatic rings. The number of benzene rings is 3. The summed E-state index contributed by atoms with van der Waals surface area (Å²) in [5.41, 5.74) is 2.52. The van der Waals surface area contributed by atoms with Crippen LogP contribution in [0, 0.1) is 11.3 Å². The van der Waals surface area contributed by atoms with Gasteiger partial charge in [-0.25, -0.2) is 4.79 Å². The highest BCUT2D eigenvalue weighted by atomic mass is 16.5. The van der Waals surface area contributed by atoms with Crippen molar-refractivity contribution in [1.29, 1.82) is 5.26 Å². The third kappa shape index (κ3) is 5.25. The quantitative estimate of drug-likeness (QED) is 0.543. The van der Waals surface area contributed by atoms with Crippen LogP contribution in [0.25, 0.3) is 11.1 Å². The fourth-order valence-corrected chi connectivity index (χ4v) is 3.39. The van der Waals surface area contributed by atoms with Gasteiger partial charge in [-0.05, 0) is 42.7 Å². The molecule has 33 heavy (non-hydrogen) atoms. The van der Waals surface area contributed by atoms with Gasteiger partial charge in [0.15, 0.2) is 6.61 Å². The van der Waals surface area contributed by atoms with E-state index in [1.807, 2.05) is 0 Å². The van der Waals surface area contributed by atoms with Gasteiger partial charge in [-0.2, -0.15) is 5.26 Å². The Morgan fingerprint density at radius 2 is 1.52 bits per heavy atom. The molecule has 0 aromatic heterocycles. The number of hydrogen-bond acceptors (Lipinski definition) is 5. The van der Waals surface area contributed by atoms with Gasteiger partial charge in [0, 0.05) is 11.6 Å². The summed E-state index contributed by atoms with van der Waals surface area (Å²) in [6.07, 6.45) is 1.91. The van der Waals surface area contributed by atoms with E-state index in [9.17, 15) is 19.6 Å². The topological polar surface area (TPSA) is 108 Å². The van der Waals surface area contributed by atoms with Crippen LogP contribution in [0.1, 0.15) is 39.1 Å². The van der Waals surface area contributed by atoms with Crippen LogP contribution >= 0.6 is 0 Å². The fourth-order valence-electron chi connectivity index (χ4n) is 3.39. The Kier molecular flexibility index (Phi) is 6.46. The molecule has 1 saturated carbocycles. The standard InChI is InChI=1S/C26H21N3O4/c27-15-17-7-1-2-8-19(17)20-9-3-4-10-21(20)26(32)33-16-24(30)29-23-12-6-5-11-22(23)25(31)28-18-13-14-18/h1-12,18H,13-14,16H2,(H,28,31)(H,29,30). The average Bonchev–Trinajstić information content (AvgIpc) is 3.66. The van der Waals surface area contributed by atoms with Crippen LogP contribution in [0.3, 0.4) is 0 Å². The largest absolute Gasteiger partial charge is 0.452 e. The monoisotopic (exact) mass is 439 g/mol. The zero-order valence-electron chi connectivity index (χ0n) is 17.7. The van der Waals surface area contributed by atoms with E-state index in [0.717, 1.165) is 12.8 Å². The third-order valence-electron chi connectivity index (χ3n) is 5.18. The Morgan fingerprint density at radius 3 is 2.24 bits per heavy atom. The Bertz CT molecular complexity index is 1260. The number of carbonyl (C=O) groups is 3. The summed E-state index contributed by atoms with van der Waals surface area (Å²) in [4.78, 5) is 37.6. The molecule has 0 radical (unpaired) electrons. The second kappa shape index (κ2) is 9.79. The van der Waals surface area contributed by atoms with E-state index in [4.69, 9.17) is 4.74 Å². The minimum absolute atomic E-state index is 0.188. The molecule has 164 valence electrons. The highest BCUT2D eigenvalue weighted by molar-refractivity contribution is 6.05. The van der Waals surface area contributed by atoms with Gasteiger partial charge in [-0.3, -0.25) is 9.59 Å². The van der Waals surface area contributed by atoms with Crippen LogP contribution in [0.2, 0.25) is 0 Å². The molecular weight excluding hydrogens is 418 g/mol. The number of ether oxygens (including phenoxy) is 1. The van der Waals surface area contributed by atoms with Crippen LogP contribution in [-0.4, -0.2) is 30.4 Å². The fraction of sp³-hybridized carbons (Fsp3) is 0.154. The summed E-state index contributed by atoms with van der Waals surface area (Å²) < 4.78 is 5.24. The van der Waals surface area contributed by atoms with Gasteiger partial charge in [0.05, 0.1) is 28.4 Å². The first kappa shape index (κ1) is 21.8. The molecule has 0 atom stereocenters. The lowest BCUT2D eigenvalue weighted by Crippen LogP contribution is -2.28. The van der Waals surface area contributed by atoms with Crippen molar-refractivity contribution in [1.82, 2.24) is 5.32 Å². The van der Waals surface area contributed by atoms with Gasteiger partial charge in [0.2, 0.25) is 0 Å². The normalized spacial score (nSPS) is 12.3. The van der Waals surface area contributed by atoms with Crippen LogP contribution in [0.4, 0.5) is 5.69 Å². The van der Waals surface area contributed by atoms with Crippen LogP contribution < -0.4 is 10.6 Å². The van der Waals surface area contributed by atoms with E-state index in [2.05, 4.69) is 16.7 Å². The van der Waals surface area contributed by atoms with E-state index in [1.165, 1.54) is 0 Å². The number of esters is 1. The van der Waals surface area contributed by atoms with Crippen molar-refractivity contribution in [3.8, 4) is 17.2 Å². The van der Waals surface area contributed by atoms with Crippen LogP contribution in [0.5, 0.6) is 0 Å². The molecule has 2 N–H and O–H groups in total. The summed E-state index contributed by atoms with van der Waals surface area (Å²) in [5.74, 6) is -1.51. The van der Waals surface area contributed by atoms with E-state index in [-0.39, 0.29) is 17.5 Å². The van der Waals surface area contributed by atoms with Crippen LogP contribution in [0.15, 0.2) is 72.8 Å². The number of nitrogens with zero attached hydrogens (tertiary/aromatic N) is 1. The highest BCUT2D eigenvalue weighted by Crippen LogP contribution is 2.27. The van der Waals surface area contributed by atoms with Crippen LogP contribution in [-0.2, 0) is 9.53 Å². The molecule has 3 aromatic carbocycles. The number of hydrogen-bond donors (Lipinski definition) is 2. The summed E-state index contributed by atoms with van der Waals surface area (Å²) >= 11 is 0. The van der Waals surface area contributed by atoms with E-state index in [0.29, 0.717) is 27.9 Å². The van der Waals surface area contributed by atoms with Crippen molar-refractivity contribution in [3.05, 3.63) is 89.5 Å². The number of para-hydroxylation sites is 1. The molecular formula is C26H21N3O4. The molecule has 1 fully saturated rings. The first-order chi connectivity index (χ1) is 16.1. The van der Waals surface area contributed by atoms with Crippen molar-refractivity contribution in [3.63, 3.8) is 0 Å². The number of nitrogens with one attached hydrogen (secondary N) is 2. The lowest BCUT2D eigenvalue weighted by molar-refractivity contribution is -0.119. The molecule has 3 aromatic rings. The Morgan fingerprint density at radius 1 is 0.879 bits per heavy atom. The average molecular weight is 439 g/mol. The van der Waals surface area contributed by atoms with Crippen molar-refractivity contribution >= 4 is 23.5 Å². The zero-order valence-corrected chi connectivity index (χ0v) is 17.7. The molecule has 0 unspecified atom stereocenters. The predicted molar refractivity (Wildman–Crippen MR) is 122 cm³/mol. The van der Waals surface area contributed by atoms with Gasteiger partial charge in [0.25, 0.3) is 11.8 Å². The molecule has 0 aliphatic heterocycles. The Labute approximate surface area is 191 Å². The number of anilines is 1. The zero-order chi connectivity index (χ0) is 23.2. The smallest absolute Gasteiger partial charge is 0.339 e. The first-order valence-electron chi connectivity index (χ1n) is 10.5. The van der Waals surface area contributed by atoms with Gasteiger partial charge >= 0.3 is 5.97 Å². The van der Waals surface area contributed by atoms with E-state index in [1.54, 1.807) is 72.8 Å². The summed E-state index contributed by atoms with van der Waals surface area (Å²) in [7, 11) is 0. The maximum Gasteiger partial charge on any atom is 0.339 e. The van der Waals surface area contributed by atoms with E-state index >= 15 is 0 Å². The van der Waals surface area contributed by atoms with E-state index < -0.39 is 18.5 Å². The number of carbonyl (C=O) groups excluding carboxylic acids is 3. The summed E-state index contributed by atoms with van der Waals surface area (Å²) in [6.45, 7) is -0.522. The lowest BCUT2D eigenvalue weighted by Gasteiger charge is -2.13. The predicted octanol–water partition coefficient (Wildman–Crippen LogP) is 3.91. The number of nitriles is 1. The number of rotatable bonds is 7. The summed E-state index contributed by atoms with van der Waals surface area (Å²) in [5, 5.41) is 14.9. The minimum Gasteiger partial charge on any atom is -0.452 e. The Balaban J connectivity index is 1.44. The molecule has 7 heteroatoms. The first-order valence-corrected chi connectivity index (χ1v) is 10.5. The number of amides is 2. The Hall–Kier alpha value is -4.44. The highest BCUT2D eigenvalue weighted by Gasteiger charge is 2.25. The molecule has 0 spiro atoms. The van der Waals surface area contributed by atoms with Gasteiger partial charge in [-0.1, -0.05) is 48.5 Å². The van der Waals surface area contributed by atoms with Gasteiger partial charge in [-0.15, -0.1) is 0 Å². The van der Waals surface area contributed by atoms with Crippen molar-refractivity contribution < 1.29 is 19.1 Å². The molecule has 4 rings (SSSR count).